The lowest BCUT2D eigenvalue weighted by molar-refractivity contribution is 0.603. The molecule has 0 heterocycles. The molecule has 0 bridgehead atoms. The fraction of sp³-hybridized carbons (Fsp3) is 0.300. The summed E-state index contributed by atoms with van der Waals surface area (Å²) in [4.78, 5) is 0. The van der Waals surface area contributed by atoms with Gasteiger partial charge in [0.15, 0.2) is 0 Å². The van der Waals surface area contributed by atoms with E-state index in [1.165, 1.54) is 5.56 Å². The van der Waals surface area contributed by atoms with E-state index >= 15 is 0 Å². The summed E-state index contributed by atoms with van der Waals surface area (Å²) in [7, 11) is 0. The van der Waals surface area contributed by atoms with Gasteiger partial charge in [-0.3, -0.25) is 0 Å². The number of nitrogens with two attached hydrogens (primary N) is 1. The molecule has 0 aromatic heterocycles. The third-order valence-electron chi connectivity index (χ3n) is 1.81. The average molecular weight is 163 g/mol. The summed E-state index contributed by atoms with van der Waals surface area (Å²) in [5, 5.41) is 3.20. The van der Waals surface area contributed by atoms with Gasteiger partial charge in [0.25, 0.3) is 0 Å². The molecule has 1 aromatic rings. The lowest BCUT2D eigenvalue weighted by Gasteiger charge is -2.15. The zero-order chi connectivity index (χ0) is 8.81. The normalized spacial score (nSPS) is 12.8. The quantitative estimate of drug-likeness (QED) is 0.705. The van der Waals surface area contributed by atoms with Gasteiger partial charge in [-0.15, -0.1) is 0 Å². The molecule has 1 atom stereocenters. The smallest absolute Gasteiger partial charge is 0.0447 e. The summed E-state index contributed by atoms with van der Waals surface area (Å²) in [6.45, 7) is 4.50. The Morgan fingerprint density at radius 1 is 1.42 bits per heavy atom. The minimum atomic E-state index is 0.246. The minimum Gasteiger partial charge on any atom is -0.329 e. The van der Waals surface area contributed by atoms with Crippen LogP contribution in [0.3, 0.4) is 0 Å². The van der Waals surface area contributed by atoms with Crippen molar-refractivity contribution < 1.29 is 0 Å². The number of nitrogens with one attached hydrogen (secondary N) is 1. The second kappa shape index (κ2) is 4.91. The maximum absolute atomic E-state index is 5.61. The van der Waals surface area contributed by atoms with E-state index < -0.39 is 0 Å². The first-order chi connectivity index (χ1) is 5.88. The Balaban J connectivity index is 2.66. The predicted octanol–water partition coefficient (Wildman–Crippen LogP) is 1.46. The van der Waals surface area contributed by atoms with Crippen molar-refractivity contribution in [3.05, 3.63) is 42.4 Å². The Morgan fingerprint density at radius 2 is 2.08 bits per heavy atom. The predicted molar refractivity (Wildman–Crippen MR) is 51.3 cm³/mol. The Labute approximate surface area is 73.8 Å². The van der Waals surface area contributed by atoms with Crippen molar-refractivity contribution >= 4 is 0 Å². The second-order valence-electron chi connectivity index (χ2n) is 2.65. The van der Waals surface area contributed by atoms with Gasteiger partial charge in [-0.2, -0.15) is 0 Å². The molecule has 0 aliphatic carbocycles. The summed E-state index contributed by atoms with van der Waals surface area (Å²) in [6.07, 6.45) is 0. The van der Waals surface area contributed by atoms with Crippen molar-refractivity contribution in [2.75, 3.05) is 6.54 Å². The van der Waals surface area contributed by atoms with E-state index in [-0.39, 0.29) is 6.04 Å². The molecule has 1 aromatic carbocycles. The Kier molecular flexibility index (Phi) is 3.77. The molecule has 0 amide bonds. The molecule has 0 aliphatic heterocycles. The second-order valence-corrected chi connectivity index (χ2v) is 2.65. The lowest BCUT2D eigenvalue weighted by Crippen LogP contribution is -2.25. The molecule has 12 heavy (non-hydrogen) atoms. The molecule has 0 spiro atoms. The topological polar surface area (TPSA) is 38.0 Å². The van der Waals surface area contributed by atoms with Crippen LogP contribution in [-0.4, -0.2) is 6.54 Å². The highest BCUT2D eigenvalue weighted by Gasteiger charge is 2.05. The molecule has 2 heteroatoms. The van der Waals surface area contributed by atoms with Crippen molar-refractivity contribution in [3.63, 3.8) is 0 Å². The highest BCUT2D eigenvalue weighted by Crippen LogP contribution is 2.10. The standard InChI is InChI=1S/C10H15N2/c1-2-12-10(8-11)9-6-4-3-5-7-9/h2-7,10,12H,8,11H2,1H3. The molecular formula is C10H15N2. The van der Waals surface area contributed by atoms with E-state index in [2.05, 4.69) is 17.4 Å². The van der Waals surface area contributed by atoms with Crippen LogP contribution in [0.1, 0.15) is 18.5 Å². The number of hydrogen-bond donors (Lipinski definition) is 2. The molecule has 0 aliphatic rings. The molecule has 0 saturated carbocycles. The van der Waals surface area contributed by atoms with E-state index in [0.717, 1.165) is 0 Å². The summed E-state index contributed by atoms with van der Waals surface area (Å²) in [5.74, 6) is 0. The van der Waals surface area contributed by atoms with Crippen LogP contribution in [0.2, 0.25) is 0 Å². The van der Waals surface area contributed by atoms with E-state index in [4.69, 9.17) is 5.73 Å². The Hall–Kier alpha value is -0.860. The van der Waals surface area contributed by atoms with E-state index in [1.54, 1.807) is 0 Å². The molecule has 65 valence electrons. The van der Waals surface area contributed by atoms with Gasteiger partial charge in [-0.1, -0.05) is 30.3 Å². The van der Waals surface area contributed by atoms with Crippen molar-refractivity contribution in [1.29, 1.82) is 0 Å². The van der Waals surface area contributed by atoms with Crippen LogP contribution in [0.15, 0.2) is 30.3 Å². The van der Waals surface area contributed by atoms with Gasteiger partial charge in [-0.05, 0) is 12.5 Å². The summed E-state index contributed by atoms with van der Waals surface area (Å²) >= 11 is 0. The van der Waals surface area contributed by atoms with Crippen molar-refractivity contribution in [2.24, 2.45) is 5.73 Å². The third kappa shape index (κ3) is 2.32. The first-order valence-electron chi connectivity index (χ1n) is 4.17. The van der Waals surface area contributed by atoms with Gasteiger partial charge in [0.1, 0.15) is 0 Å². The van der Waals surface area contributed by atoms with Gasteiger partial charge >= 0.3 is 0 Å². The van der Waals surface area contributed by atoms with Crippen LogP contribution in [0.4, 0.5) is 0 Å². The van der Waals surface area contributed by atoms with Gasteiger partial charge in [0, 0.05) is 19.1 Å². The van der Waals surface area contributed by atoms with Gasteiger partial charge in [0.05, 0.1) is 0 Å². The molecule has 3 N–H and O–H groups in total. The van der Waals surface area contributed by atoms with E-state index in [9.17, 15) is 0 Å². The summed E-state index contributed by atoms with van der Waals surface area (Å²) < 4.78 is 0. The van der Waals surface area contributed by atoms with Gasteiger partial charge in [-0.25, -0.2) is 0 Å². The molecule has 0 fully saturated rings. The van der Waals surface area contributed by atoms with Gasteiger partial charge in [0.2, 0.25) is 0 Å². The van der Waals surface area contributed by atoms with Gasteiger partial charge < -0.3 is 11.1 Å². The Bertz CT molecular complexity index is 208. The van der Waals surface area contributed by atoms with Crippen LogP contribution in [0, 0.1) is 6.54 Å². The molecule has 0 saturated heterocycles. The van der Waals surface area contributed by atoms with Crippen molar-refractivity contribution in [3.8, 4) is 0 Å². The highest BCUT2D eigenvalue weighted by atomic mass is 14.9. The van der Waals surface area contributed by atoms with Crippen LogP contribution < -0.4 is 11.1 Å². The van der Waals surface area contributed by atoms with E-state index in [1.807, 2.05) is 31.7 Å². The fourth-order valence-corrected chi connectivity index (χ4v) is 1.19. The van der Waals surface area contributed by atoms with Crippen molar-refractivity contribution in [1.82, 2.24) is 5.32 Å². The molecular weight excluding hydrogens is 148 g/mol. The zero-order valence-electron chi connectivity index (χ0n) is 7.33. The summed E-state index contributed by atoms with van der Waals surface area (Å²) in [5.41, 5.74) is 6.84. The van der Waals surface area contributed by atoms with E-state index in [0.29, 0.717) is 6.54 Å². The largest absolute Gasteiger partial charge is 0.329 e. The zero-order valence-corrected chi connectivity index (χ0v) is 7.33. The third-order valence-corrected chi connectivity index (χ3v) is 1.81. The number of rotatable bonds is 4. The first-order valence-corrected chi connectivity index (χ1v) is 4.17. The number of hydrogen-bond acceptors (Lipinski definition) is 2. The average Bonchev–Trinajstić information content (AvgIpc) is 2.15. The Morgan fingerprint density at radius 3 is 2.58 bits per heavy atom. The molecule has 1 radical (unpaired) electrons. The van der Waals surface area contributed by atoms with Crippen LogP contribution >= 0.6 is 0 Å². The monoisotopic (exact) mass is 163 g/mol. The van der Waals surface area contributed by atoms with Crippen molar-refractivity contribution in [2.45, 2.75) is 13.0 Å². The molecule has 1 rings (SSSR count). The van der Waals surface area contributed by atoms with Crippen LogP contribution in [0.25, 0.3) is 0 Å². The highest BCUT2D eigenvalue weighted by molar-refractivity contribution is 5.19. The summed E-state index contributed by atoms with van der Waals surface area (Å²) in [6, 6.07) is 10.5. The maximum atomic E-state index is 5.61. The lowest BCUT2D eigenvalue weighted by atomic mass is 10.1. The number of benzene rings is 1. The fourth-order valence-electron chi connectivity index (χ4n) is 1.19. The SMILES string of the molecule is C[CH]NC(CN)c1ccccc1. The first kappa shape index (κ1) is 9.23. The minimum absolute atomic E-state index is 0.246. The maximum Gasteiger partial charge on any atom is 0.0447 e. The molecule has 1 unspecified atom stereocenters. The molecule has 2 nitrogen and oxygen atoms in total. The van der Waals surface area contributed by atoms with Crippen LogP contribution in [0.5, 0.6) is 0 Å². The van der Waals surface area contributed by atoms with Crippen LogP contribution in [-0.2, 0) is 0 Å².